The van der Waals surface area contributed by atoms with E-state index in [0.29, 0.717) is 0 Å². The van der Waals surface area contributed by atoms with Gasteiger partial charge in [-0.1, -0.05) is 147 Å². The molecule has 0 aliphatic heterocycles. The molecule has 2 nitrogen and oxygen atoms in total. The third-order valence-corrected chi connectivity index (χ3v) is 13.9. The number of hydrogen-bond donors (Lipinski definition) is 0. The average Bonchev–Trinajstić information content (AvgIpc) is 3.93. The summed E-state index contributed by atoms with van der Waals surface area (Å²) in [6.45, 7) is 4.70. The highest BCUT2D eigenvalue weighted by molar-refractivity contribution is 7.26. The van der Waals surface area contributed by atoms with Crippen LogP contribution >= 0.6 is 22.7 Å². The lowest BCUT2D eigenvalue weighted by Crippen LogP contribution is -2.16. The van der Waals surface area contributed by atoms with E-state index in [1.165, 1.54) is 69.4 Å². The van der Waals surface area contributed by atoms with Crippen molar-refractivity contribution >= 4 is 70.1 Å². The fourth-order valence-corrected chi connectivity index (χ4v) is 11.2. The van der Waals surface area contributed by atoms with E-state index < -0.39 is 0 Å². The quantitative estimate of drug-likeness (QED) is 0.168. The molecule has 0 saturated carbocycles. The van der Waals surface area contributed by atoms with Gasteiger partial charge in [-0.15, -0.1) is 22.7 Å². The number of para-hydroxylation sites is 1. The van der Waals surface area contributed by atoms with Crippen LogP contribution in [-0.4, -0.2) is 4.98 Å². The Morgan fingerprint density at radius 3 is 1.93 bits per heavy atom. The van der Waals surface area contributed by atoms with Crippen LogP contribution in [0.5, 0.6) is 0 Å². The zero-order valence-corrected chi connectivity index (χ0v) is 32.7. The molecule has 1 aliphatic carbocycles. The summed E-state index contributed by atoms with van der Waals surface area (Å²) in [5, 5.41) is 3.65. The summed E-state index contributed by atoms with van der Waals surface area (Å²) >= 11 is 3.67. The smallest absolute Gasteiger partial charge is 0.124 e. The molecular weight excluding hydrogens is 717 g/mol. The molecule has 0 fully saturated rings. The van der Waals surface area contributed by atoms with Gasteiger partial charge in [0.15, 0.2) is 0 Å². The lowest BCUT2D eigenvalue weighted by Gasteiger charge is -2.28. The number of benzene rings is 8. The van der Waals surface area contributed by atoms with Gasteiger partial charge in [0.1, 0.15) is 5.01 Å². The Balaban J connectivity index is 1.03. The molecule has 4 heteroatoms. The minimum atomic E-state index is -0.0777. The molecule has 56 heavy (non-hydrogen) atoms. The van der Waals surface area contributed by atoms with Gasteiger partial charge in [-0.3, -0.25) is 0 Å². The maximum atomic E-state index is 5.08. The molecule has 266 valence electrons. The third-order valence-electron chi connectivity index (χ3n) is 11.5. The lowest BCUT2D eigenvalue weighted by molar-refractivity contribution is 0.660. The first-order chi connectivity index (χ1) is 27.5. The van der Waals surface area contributed by atoms with Crippen LogP contribution in [0.4, 0.5) is 17.1 Å². The number of thiophene rings is 1. The Labute approximate surface area is 334 Å². The Hall–Kier alpha value is -6.33. The van der Waals surface area contributed by atoms with E-state index in [0.717, 1.165) is 33.1 Å². The van der Waals surface area contributed by atoms with E-state index in [2.05, 4.69) is 201 Å². The highest BCUT2D eigenvalue weighted by Crippen LogP contribution is 2.51. The zero-order valence-electron chi connectivity index (χ0n) is 31.0. The molecule has 1 aliphatic rings. The predicted molar refractivity (Wildman–Crippen MR) is 241 cm³/mol. The minimum Gasteiger partial charge on any atom is -0.310 e. The van der Waals surface area contributed by atoms with E-state index in [4.69, 9.17) is 4.98 Å². The van der Waals surface area contributed by atoms with E-state index in [1.807, 2.05) is 11.3 Å². The zero-order chi connectivity index (χ0) is 37.4. The molecule has 10 aromatic rings. The number of anilines is 3. The van der Waals surface area contributed by atoms with Gasteiger partial charge < -0.3 is 4.90 Å². The summed E-state index contributed by atoms with van der Waals surface area (Å²) in [6.07, 6.45) is 0. The van der Waals surface area contributed by atoms with Crippen molar-refractivity contribution in [3.63, 3.8) is 0 Å². The number of rotatable bonds is 6. The van der Waals surface area contributed by atoms with Crippen LogP contribution in [0.25, 0.3) is 74.3 Å². The second-order valence-electron chi connectivity index (χ2n) is 15.1. The number of aromatic nitrogens is 1. The Bertz CT molecular complexity index is 3100. The lowest BCUT2D eigenvalue weighted by atomic mass is 9.82. The van der Waals surface area contributed by atoms with Gasteiger partial charge in [0, 0.05) is 53.8 Å². The molecule has 0 N–H and O–H groups in total. The van der Waals surface area contributed by atoms with E-state index in [-0.39, 0.29) is 5.41 Å². The van der Waals surface area contributed by atoms with Gasteiger partial charge in [0.25, 0.3) is 0 Å². The largest absolute Gasteiger partial charge is 0.310 e. The standard InChI is InChI=1S/C52H36N2S2/c1-52(2)44-21-11-9-18-39(44)40-29-28-37(32-45(40)52)54(35-16-7-4-8-17-35)36-26-24-33(25-27-36)38-30-31-41(48-43-19-10-12-23-47(43)55-50(38)48)42-20-13-22-46-49(42)56-51(53-46)34-14-5-3-6-15-34/h3-32H,1-2H3. The molecule has 8 aromatic carbocycles. The van der Waals surface area contributed by atoms with E-state index in [1.54, 1.807) is 11.3 Å². The molecule has 0 unspecified atom stereocenters. The Morgan fingerprint density at radius 2 is 1.09 bits per heavy atom. The number of thiazole rings is 1. The molecule has 2 aromatic heterocycles. The summed E-state index contributed by atoms with van der Waals surface area (Å²) < 4.78 is 3.83. The van der Waals surface area contributed by atoms with Crippen LogP contribution in [-0.2, 0) is 5.41 Å². The van der Waals surface area contributed by atoms with Crippen molar-refractivity contribution < 1.29 is 0 Å². The van der Waals surface area contributed by atoms with E-state index in [9.17, 15) is 0 Å². The van der Waals surface area contributed by atoms with Crippen LogP contribution < -0.4 is 4.90 Å². The van der Waals surface area contributed by atoms with Crippen molar-refractivity contribution in [2.24, 2.45) is 0 Å². The molecular formula is C52H36N2S2. The maximum absolute atomic E-state index is 5.08. The summed E-state index contributed by atoms with van der Waals surface area (Å²) in [6, 6.07) is 66.4. The number of nitrogens with zero attached hydrogens (tertiary/aromatic N) is 2. The molecule has 0 spiro atoms. The van der Waals surface area contributed by atoms with Crippen LogP contribution in [0.2, 0.25) is 0 Å². The van der Waals surface area contributed by atoms with Gasteiger partial charge in [0.05, 0.1) is 10.2 Å². The van der Waals surface area contributed by atoms with Gasteiger partial charge in [-0.2, -0.15) is 0 Å². The van der Waals surface area contributed by atoms with Gasteiger partial charge in [-0.25, -0.2) is 4.98 Å². The predicted octanol–water partition coefficient (Wildman–Crippen LogP) is 15.4. The molecule has 0 bridgehead atoms. The second-order valence-corrected chi connectivity index (χ2v) is 17.2. The van der Waals surface area contributed by atoms with Crippen LogP contribution in [0.1, 0.15) is 25.0 Å². The van der Waals surface area contributed by atoms with E-state index >= 15 is 0 Å². The number of hydrogen-bond acceptors (Lipinski definition) is 4. The van der Waals surface area contributed by atoms with Gasteiger partial charge >= 0.3 is 0 Å². The summed E-state index contributed by atoms with van der Waals surface area (Å²) in [5.74, 6) is 0. The molecule has 2 heterocycles. The highest BCUT2D eigenvalue weighted by atomic mass is 32.1. The SMILES string of the molecule is CC1(C)c2ccccc2-c2ccc(N(c3ccccc3)c3ccc(-c4ccc(-c5cccc6nc(-c7ccccc7)sc56)c5c4sc4ccccc45)cc3)cc21. The van der Waals surface area contributed by atoms with Crippen LogP contribution in [0.15, 0.2) is 182 Å². The fourth-order valence-electron chi connectivity index (χ4n) is 8.79. The van der Waals surface area contributed by atoms with Gasteiger partial charge in [0.2, 0.25) is 0 Å². The fraction of sp³-hybridized carbons (Fsp3) is 0.0577. The summed E-state index contributed by atoms with van der Waals surface area (Å²) in [4.78, 5) is 7.47. The average molecular weight is 753 g/mol. The molecule has 11 rings (SSSR count). The monoisotopic (exact) mass is 752 g/mol. The Kier molecular flexibility index (Phi) is 7.60. The minimum absolute atomic E-state index is 0.0777. The highest BCUT2D eigenvalue weighted by Gasteiger charge is 2.35. The van der Waals surface area contributed by atoms with Crippen LogP contribution in [0, 0.1) is 0 Å². The molecule has 0 atom stereocenters. The molecule has 0 radical (unpaired) electrons. The second kappa shape index (κ2) is 12.9. The first kappa shape index (κ1) is 33.0. The summed E-state index contributed by atoms with van der Waals surface area (Å²) in [7, 11) is 0. The summed E-state index contributed by atoms with van der Waals surface area (Å²) in [5.41, 5.74) is 15.9. The molecule has 0 amide bonds. The number of fused-ring (bicyclic) bond motifs is 7. The van der Waals surface area contributed by atoms with Crippen molar-refractivity contribution in [2.45, 2.75) is 19.3 Å². The Morgan fingerprint density at radius 1 is 0.446 bits per heavy atom. The first-order valence-electron chi connectivity index (χ1n) is 19.1. The van der Waals surface area contributed by atoms with Crippen molar-refractivity contribution in [1.29, 1.82) is 0 Å². The van der Waals surface area contributed by atoms with Crippen molar-refractivity contribution in [3.05, 3.63) is 193 Å². The normalized spacial score (nSPS) is 13.0. The maximum Gasteiger partial charge on any atom is 0.124 e. The van der Waals surface area contributed by atoms with Gasteiger partial charge in [-0.05, 0) is 87.5 Å². The topological polar surface area (TPSA) is 16.1 Å². The van der Waals surface area contributed by atoms with Crippen LogP contribution in [0.3, 0.4) is 0 Å². The molecule has 0 saturated heterocycles. The van der Waals surface area contributed by atoms with Crippen molar-refractivity contribution in [2.75, 3.05) is 4.90 Å². The van der Waals surface area contributed by atoms with Crippen molar-refractivity contribution in [3.8, 4) is 44.0 Å². The first-order valence-corrected chi connectivity index (χ1v) is 20.8. The van der Waals surface area contributed by atoms with Crippen molar-refractivity contribution in [1.82, 2.24) is 4.98 Å². The third kappa shape index (κ3) is 5.17.